The van der Waals surface area contributed by atoms with Gasteiger partial charge in [-0.1, -0.05) is 26.3 Å². The molecule has 0 aliphatic rings. The SMILES string of the molecule is CCCCNC(=O)COc1ccc(CC(N)CC)cc1Br. The lowest BCUT2D eigenvalue weighted by Crippen LogP contribution is -2.29. The van der Waals surface area contributed by atoms with Crippen molar-refractivity contribution in [3.8, 4) is 5.75 Å². The minimum atomic E-state index is -0.0903. The Kier molecular flexibility index (Phi) is 8.38. The molecule has 21 heavy (non-hydrogen) atoms. The Bertz CT molecular complexity index is 452. The van der Waals surface area contributed by atoms with Gasteiger partial charge in [0.2, 0.25) is 0 Å². The number of benzene rings is 1. The number of carbonyl (C=O) groups is 1. The summed E-state index contributed by atoms with van der Waals surface area (Å²) in [5.74, 6) is 0.585. The number of carbonyl (C=O) groups excluding carboxylic acids is 1. The standard InChI is InChI=1S/C16H25BrN2O2/c1-3-5-8-19-16(20)11-21-15-7-6-12(10-14(15)17)9-13(18)4-2/h6-7,10,13H,3-5,8-9,11,18H2,1-2H3,(H,19,20). The van der Waals surface area contributed by atoms with E-state index >= 15 is 0 Å². The van der Waals surface area contributed by atoms with Crippen LogP contribution in [0.1, 0.15) is 38.7 Å². The van der Waals surface area contributed by atoms with E-state index in [1.54, 1.807) is 0 Å². The third-order valence-corrected chi connectivity index (χ3v) is 3.85. The van der Waals surface area contributed by atoms with Crippen LogP contribution in [-0.4, -0.2) is 25.1 Å². The minimum absolute atomic E-state index is 0.0378. The van der Waals surface area contributed by atoms with Crippen LogP contribution in [0.3, 0.4) is 0 Å². The first-order valence-corrected chi connectivity index (χ1v) is 8.29. The highest BCUT2D eigenvalue weighted by atomic mass is 79.9. The van der Waals surface area contributed by atoms with Gasteiger partial charge in [0, 0.05) is 12.6 Å². The van der Waals surface area contributed by atoms with Gasteiger partial charge >= 0.3 is 0 Å². The summed E-state index contributed by atoms with van der Waals surface area (Å²) < 4.78 is 6.38. The zero-order valence-electron chi connectivity index (χ0n) is 12.8. The second kappa shape index (κ2) is 9.79. The zero-order valence-corrected chi connectivity index (χ0v) is 14.4. The number of rotatable bonds is 9. The van der Waals surface area contributed by atoms with Crippen LogP contribution in [0, 0.1) is 0 Å². The second-order valence-corrected chi connectivity index (χ2v) is 5.98. The lowest BCUT2D eigenvalue weighted by molar-refractivity contribution is -0.123. The van der Waals surface area contributed by atoms with Gasteiger partial charge in [-0.2, -0.15) is 0 Å². The fraction of sp³-hybridized carbons (Fsp3) is 0.562. The molecule has 5 heteroatoms. The van der Waals surface area contributed by atoms with Gasteiger partial charge in [0.1, 0.15) is 5.75 Å². The van der Waals surface area contributed by atoms with E-state index in [0.717, 1.165) is 35.7 Å². The summed E-state index contributed by atoms with van der Waals surface area (Å²) in [5.41, 5.74) is 7.11. The molecule has 0 saturated carbocycles. The quantitative estimate of drug-likeness (QED) is 0.668. The van der Waals surface area contributed by atoms with Crippen molar-refractivity contribution >= 4 is 21.8 Å². The first-order valence-electron chi connectivity index (χ1n) is 7.50. The van der Waals surface area contributed by atoms with Crippen molar-refractivity contribution in [2.75, 3.05) is 13.2 Å². The average Bonchev–Trinajstić information content (AvgIpc) is 2.46. The van der Waals surface area contributed by atoms with E-state index in [4.69, 9.17) is 10.5 Å². The molecule has 0 bridgehead atoms. The van der Waals surface area contributed by atoms with Crippen LogP contribution in [-0.2, 0) is 11.2 Å². The Labute approximate surface area is 135 Å². The first-order chi connectivity index (χ1) is 10.1. The number of nitrogens with two attached hydrogens (primary N) is 1. The summed E-state index contributed by atoms with van der Waals surface area (Å²) in [7, 11) is 0. The van der Waals surface area contributed by atoms with Gasteiger partial charge in [0.15, 0.2) is 6.61 Å². The summed E-state index contributed by atoms with van der Waals surface area (Å²) in [6, 6.07) is 6.04. The molecule has 3 N–H and O–H groups in total. The molecule has 1 amide bonds. The number of amides is 1. The predicted octanol–water partition coefficient (Wildman–Crippen LogP) is 3.02. The summed E-state index contributed by atoms with van der Waals surface area (Å²) in [6.45, 7) is 4.91. The van der Waals surface area contributed by atoms with Crippen LogP contribution < -0.4 is 15.8 Å². The topological polar surface area (TPSA) is 64.3 Å². The van der Waals surface area contributed by atoms with Gasteiger partial charge in [-0.05, 0) is 52.9 Å². The van der Waals surface area contributed by atoms with Crippen LogP contribution in [0.4, 0.5) is 0 Å². The monoisotopic (exact) mass is 356 g/mol. The van der Waals surface area contributed by atoms with Gasteiger partial charge < -0.3 is 15.8 Å². The van der Waals surface area contributed by atoms with Crippen molar-refractivity contribution in [2.24, 2.45) is 5.73 Å². The molecule has 118 valence electrons. The van der Waals surface area contributed by atoms with E-state index in [1.807, 2.05) is 18.2 Å². The molecule has 0 fully saturated rings. The first kappa shape index (κ1) is 18.0. The summed E-state index contributed by atoms with van der Waals surface area (Å²) in [5, 5.41) is 2.82. The highest BCUT2D eigenvalue weighted by Gasteiger charge is 2.08. The molecule has 0 spiro atoms. The number of hydrogen-bond donors (Lipinski definition) is 2. The molecule has 0 radical (unpaired) electrons. The Morgan fingerprint density at radius 2 is 2.19 bits per heavy atom. The van der Waals surface area contributed by atoms with E-state index in [0.29, 0.717) is 12.3 Å². The number of halogens is 1. The number of hydrogen-bond acceptors (Lipinski definition) is 3. The van der Waals surface area contributed by atoms with Crippen LogP contribution in [0.2, 0.25) is 0 Å². The lowest BCUT2D eigenvalue weighted by atomic mass is 10.0. The summed E-state index contributed by atoms with van der Waals surface area (Å²) >= 11 is 3.48. The van der Waals surface area contributed by atoms with Crippen molar-refractivity contribution in [3.63, 3.8) is 0 Å². The van der Waals surface area contributed by atoms with Crippen LogP contribution in [0.5, 0.6) is 5.75 Å². The maximum Gasteiger partial charge on any atom is 0.257 e. The maximum absolute atomic E-state index is 11.6. The molecule has 0 heterocycles. The molecule has 0 saturated heterocycles. The molecule has 1 unspecified atom stereocenters. The van der Waals surface area contributed by atoms with Gasteiger partial charge in [-0.25, -0.2) is 0 Å². The predicted molar refractivity (Wildman–Crippen MR) is 89.5 cm³/mol. The van der Waals surface area contributed by atoms with E-state index in [2.05, 4.69) is 35.1 Å². The molecule has 4 nitrogen and oxygen atoms in total. The molecule has 1 rings (SSSR count). The Morgan fingerprint density at radius 1 is 1.43 bits per heavy atom. The second-order valence-electron chi connectivity index (χ2n) is 5.13. The van der Waals surface area contributed by atoms with Crippen LogP contribution >= 0.6 is 15.9 Å². The largest absolute Gasteiger partial charge is 0.483 e. The third-order valence-electron chi connectivity index (χ3n) is 3.23. The number of nitrogens with one attached hydrogen (secondary N) is 1. The smallest absolute Gasteiger partial charge is 0.257 e. The minimum Gasteiger partial charge on any atom is -0.483 e. The highest BCUT2D eigenvalue weighted by molar-refractivity contribution is 9.10. The summed E-state index contributed by atoms with van der Waals surface area (Å²) in [6.07, 6.45) is 3.84. The summed E-state index contributed by atoms with van der Waals surface area (Å²) in [4.78, 5) is 11.6. The van der Waals surface area contributed by atoms with Crippen LogP contribution in [0.15, 0.2) is 22.7 Å². The maximum atomic E-state index is 11.6. The molecule has 1 aromatic carbocycles. The molecule has 0 aromatic heterocycles. The molecule has 1 aromatic rings. The highest BCUT2D eigenvalue weighted by Crippen LogP contribution is 2.26. The van der Waals surface area contributed by atoms with E-state index in [1.165, 1.54) is 0 Å². The van der Waals surface area contributed by atoms with E-state index in [9.17, 15) is 4.79 Å². The van der Waals surface area contributed by atoms with Gasteiger partial charge in [-0.3, -0.25) is 4.79 Å². The fourth-order valence-electron chi connectivity index (χ4n) is 1.83. The molecular formula is C16H25BrN2O2. The average molecular weight is 357 g/mol. The number of ether oxygens (including phenoxy) is 1. The Morgan fingerprint density at radius 3 is 2.81 bits per heavy atom. The van der Waals surface area contributed by atoms with Crippen molar-refractivity contribution in [2.45, 2.75) is 45.6 Å². The number of unbranched alkanes of at least 4 members (excludes halogenated alkanes) is 1. The van der Waals surface area contributed by atoms with Gasteiger partial charge in [-0.15, -0.1) is 0 Å². The van der Waals surface area contributed by atoms with Crippen molar-refractivity contribution < 1.29 is 9.53 Å². The third kappa shape index (κ3) is 6.96. The Balaban J connectivity index is 2.47. The van der Waals surface area contributed by atoms with Crippen molar-refractivity contribution in [3.05, 3.63) is 28.2 Å². The molecule has 0 aliphatic heterocycles. The van der Waals surface area contributed by atoms with E-state index < -0.39 is 0 Å². The zero-order chi connectivity index (χ0) is 15.7. The normalized spacial score (nSPS) is 12.0. The van der Waals surface area contributed by atoms with Gasteiger partial charge in [0.25, 0.3) is 5.91 Å². The molecule has 0 aliphatic carbocycles. The Hall–Kier alpha value is -1.07. The van der Waals surface area contributed by atoms with Crippen LogP contribution in [0.25, 0.3) is 0 Å². The van der Waals surface area contributed by atoms with Gasteiger partial charge in [0.05, 0.1) is 4.47 Å². The molecular weight excluding hydrogens is 332 g/mol. The molecule has 1 atom stereocenters. The van der Waals surface area contributed by atoms with Crippen molar-refractivity contribution in [1.29, 1.82) is 0 Å². The fourth-order valence-corrected chi connectivity index (χ4v) is 2.38. The van der Waals surface area contributed by atoms with Crippen molar-refractivity contribution in [1.82, 2.24) is 5.32 Å². The lowest BCUT2D eigenvalue weighted by Gasteiger charge is -2.12. The van der Waals surface area contributed by atoms with E-state index in [-0.39, 0.29) is 18.6 Å².